The summed E-state index contributed by atoms with van der Waals surface area (Å²) in [5.74, 6) is 5.69. The zero-order valence-electron chi connectivity index (χ0n) is 10.1. The Balaban J connectivity index is 2.55. The molecule has 0 aliphatic carbocycles. The van der Waals surface area contributed by atoms with Gasteiger partial charge in [-0.15, -0.1) is 0 Å². The van der Waals surface area contributed by atoms with Gasteiger partial charge in [-0.1, -0.05) is 33.6 Å². The van der Waals surface area contributed by atoms with E-state index < -0.39 is 0 Å². The molecule has 2 aromatic rings. The molecule has 1 unspecified atom stereocenters. The van der Waals surface area contributed by atoms with Crippen LogP contribution in [-0.2, 0) is 7.05 Å². The van der Waals surface area contributed by atoms with Gasteiger partial charge in [0, 0.05) is 11.5 Å². The van der Waals surface area contributed by atoms with Gasteiger partial charge in [0.25, 0.3) is 0 Å². The Morgan fingerprint density at radius 1 is 1.50 bits per heavy atom. The minimum absolute atomic E-state index is 0.192. The van der Waals surface area contributed by atoms with Crippen LogP contribution in [-0.4, -0.2) is 9.78 Å². The topological polar surface area (TPSA) is 55.9 Å². The second-order valence-corrected chi connectivity index (χ2v) is 5.42. The van der Waals surface area contributed by atoms with E-state index in [0.717, 1.165) is 21.3 Å². The van der Waals surface area contributed by atoms with Gasteiger partial charge < -0.3 is 0 Å². The Morgan fingerprint density at radius 2 is 2.22 bits per heavy atom. The molecule has 18 heavy (non-hydrogen) atoms. The number of hydrogen-bond donors (Lipinski definition) is 2. The Bertz CT molecular complexity index is 548. The number of rotatable bonds is 3. The molecule has 1 heterocycles. The zero-order chi connectivity index (χ0) is 13.3. The number of benzene rings is 1. The van der Waals surface area contributed by atoms with Gasteiger partial charge in [0.1, 0.15) is 0 Å². The SMILES string of the molecule is Cc1ccc(Br)cc1C(NN)c1c(Cl)cnn1C. The molecule has 1 atom stereocenters. The highest BCUT2D eigenvalue weighted by atomic mass is 79.9. The Labute approximate surface area is 119 Å². The normalized spacial score (nSPS) is 12.7. The van der Waals surface area contributed by atoms with Crippen LogP contribution in [0.15, 0.2) is 28.9 Å². The molecule has 0 radical (unpaired) electrons. The zero-order valence-corrected chi connectivity index (χ0v) is 12.5. The second-order valence-electron chi connectivity index (χ2n) is 4.10. The average molecular weight is 330 g/mol. The van der Waals surface area contributed by atoms with E-state index in [1.54, 1.807) is 10.9 Å². The molecule has 4 nitrogen and oxygen atoms in total. The van der Waals surface area contributed by atoms with Gasteiger partial charge in [0.05, 0.1) is 23.0 Å². The van der Waals surface area contributed by atoms with Crippen LogP contribution in [0.3, 0.4) is 0 Å². The predicted molar refractivity (Wildman–Crippen MR) is 76.3 cm³/mol. The van der Waals surface area contributed by atoms with Crippen molar-refractivity contribution in [2.24, 2.45) is 12.9 Å². The van der Waals surface area contributed by atoms with Crippen molar-refractivity contribution < 1.29 is 0 Å². The first-order valence-electron chi connectivity index (χ1n) is 5.44. The van der Waals surface area contributed by atoms with Gasteiger partial charge in [-0.05, 0) is 30.2 Å². The Kier molecular flexibility index (Phi) is 4.07. The molecule has 6 heteroatoms. The van der Waals surface area contributed by atoms with Crippen molar-refractivity contribution in [2.45, 2.75) is 13.0 Å². The summed E-state index contributed by atoms with van der Waals surface area (Å²) >= 11 is 9.64. The van der Waals surface area contributed by atoms with Crippen LogP contribution in [0.5, 0.6) is 0 Å². The van der Waals surface area contributed by atoms with E-state index in [9.17, 15) is 0 Å². The summed E-state index contributed by atoms with van der Waals surface area (Å²) in [6.45, 7) is 2.04. The highest BCUT2D eigenvalue weighted by Gasteiger charge is 2.21. The van der Waals surface area contributed by atoms with Gasteiger partial charge in [0.2, 0.25) is 0 Å². The fraction of sp³-hybridized carbons (Fsp3) is 0.250. The maximum absolute atomic E-state index is 6.17. The van der Waals surface area contributed by atoms with E-state index in [4.69, 9.17) is 17.4 Å². The molecule has 0 saturated carbocycles. The number of nitrogens with two attached hydrogens (primary N) is 1. The van der Waals surface area contributed by atoms with Crippen molar-refractivity contribution >= 4 is 27.5 Å². The predicted octanol–water partition coefficient (Wildman–Crippen LogP) is 2.70. The summed E-state index contributed by atoms with van der Waals surface area (Å²) in [6, 6.07) is 5.87. The van der Waals surface area contributed by atoms with E-state index in [1.165, 1.54) is 0 Å². The average Bonchev–Trinajstić information content (AvgIpc) is 2.66. The van der Waals surface area contributed by atoms with Gasteiger partial charge in [-0.25, -0.2) is 5.43 Å². The van der Waals surface area contributed by atoms with Crippen LogP contribution in [0, 0.1) is 6.92 Å². The smallest absolute Gasteiger partial charge is 0.0896 e. The number of halogens is 2. The van der Waals surface area contributed by atoms with Crippen LogP contribution >= 0.6 is 27.5 Å². The van der Waals surface area contributed by atoms with Crippen molar-refractivity contribution in [1.29, 1.82) is 0 Å². The maximum Gasteiger partial charge on any atom is 0.0896 e. The summed E-state index contributed by atoms with van der Waals surface area (Å²) in [6.07, 6.45) is 1.62. The third kappa shape index (κ3) is 2.44. The summed E-state index contributed by atoms with van der Waals surface area (Å²) < 4.78 is 2.73. The lowest BCUT2D eigenvalue weighted by Crippen LogP contribution is -2.31. The van der Waals surface area contributed by atoms with Crippen LogP contribution in [0.25, 0.3) is 0 Å². The monoisotopic (exact) mass is 328 g/mol. The van der Waals surface area contributed by atoms with Gasteiger partial charge in [0.15, 0.2) is 0 Å². The summed E-state index contributed by atoms with van der Waals surface area (Å²) in [5.41, 5.74) is 5.86. The van der Waals surface area contributed by atoms with Crippen molar-refractivity contribution in [3.8, 4) is 0 Å². The van der Waals surface area contributed by atoms with E-state index in [2.05, 4.69) is 26.5 Å². The van der Waals surface area contributed by atoms with Crippen LogP contribution in [0.2, 0.25) is 5.02 Å². The van der Waals surface area contributed by atoms with Crippen LogP contribution < -0.4 is 11.3 Å². The van der Waals surface area contributed by atoms with Crippen molar-refractivity contribution in [3.63, 3.8) is 0 Å². The highest BCUT2D eigenvalue weighted by molar-refractivity contribution is 9.10. The molecule has 1 aromatic carbocycles. The molecule has 0 amide bonds. The number of aromatic nitrogens is 2. The van der Waals surface area contributed by atoms with E-state index >= 15 is 0 Å². The molecular weight excluding hydrogens is 316 g/mol. The highest BCUT2D eigenvalue weighted by Crippen LogP contribution is 2.30. The van der Waals surface area contributed by atoms with E-state index in [-0.39, 0.29) is 6.04 Å². The molecule has 0 aliphatic heterocycles. The number of hydrogen-bond acceptors (Lipinski definition) is 3. The molecule has 2 rings (SSSR count). The van der Waals surface area contributed by atoms with E-state index in [1.807, 2.05) is 32.2 Å². The molecule has 0 spiro atoms. The quantitative estimate of drug-likeness (QED) is 0.672. The number of aryl methyl sites for hydroxylation is 2. The van der Waals surface area contributed by atoms with Gasteiger partial charge in [-0.3, -0.25) is 10.5 Å². The van der Waals surface area contributed by atoms with Crippen LogP contribution in [0.4, 0.5) is 0 Å². The van der Waals surface area contributed by atoms with Crippen molar-refractivity contribution in [1.82, 2.24) is 15.2 Å². The summed E-state index contributed by atoms with van der Waals surface area (Å²) in [4.78, 5) is 0. The standard InChI is InChI=1S/C12H14BrClN4/c1-7-3-4-8(13)5-9(7)11(17-15)12-10(14)6-16-18(12)2/h3-6,11,17H,15H2,1-2H3. The third-order valence-corrected chi connectivity index (χ3v) is 3.71. The molecule has 3 N–H and O–H groups in total. The lowest BCUT2D eigenvalue weighted by Gasteiger charge is -2.19. The maximum atomic E-state index is 6.17. The van der Waals surface area contributed by atoms with Crippen molar-refractivity contribution in [3.05, 3.63) is 50.7 Å². The molecule has 1 aromatic heterocycles. The first-order chi connectivity index (χ1) is 8.54. The van der Waals surface area contributed by atoms with Gasteiger partial charge >= 0.3 is 0 Å². The lowest BCUT2D eigenvalue weighted by atomic mass is 9.99. The number of nitrogens with one attached hydrogen (secondary N) is 1. The van der Waals surface area contributed by atoms with Crippen LogP contribution in [0.1, 0.15) is 22.9 Å². The number of hydrazine groups is 1. The molecule has 96 valence electrons. The van der Waals surface area contributed by atoms with Crippen molar-refractivity contribution in [2.75, 3.05) is 0 Å². The largest absolute Gasteiger partial charge is 0.271 e. The molecule has 0 bridgehead atoms. The first-order valence-corrected chi connectivity index (χ1v) is 6.61. The Hall–Kier alpha value is -0.880. The third-order valence-electron chi connectivity index (χ3n) is 2.93. The number of nitrogens with zero attached hydrogens (tertiary/aromatic N) is 2. The van der Waals surface area contributed by atoms with Gasteiger partial charge in [-0.2, -0.15) is 5.10 Å². The lowest BCUT2D eigenvalue weighted by molar-refractivity contribution is 0.573. The molecular formula is C12H14BrClN4. The fourth-order valence-electron chi connectivity index (χ4n) is 1.98. The molecule has 0 saturated heterocycles. The molecule has 0 fully saturated rings. The summed E-state index contributed by atoms with van der Waals surface area (Å²) in [7, 11) is 1.85. The minimum atomic E-state index is -0.192. The summed E-state index contributed by atoms with van der Waals surface area (Å²) in [5, 5.41) is 4.74. The Morgan fingerprint density at radius 3 is 2.78 bits per heavy atom. The minimum Gasteiger partial charge on any atom is -0.271 e. The molecule has 0 aliphatic rings. The fourth-order valence-corrected chi connectivity index (χ4v) is 2.64. The van der Waals surface area contributed by atoms with E-state index in [0.29, 0.717) is 5.02 Å². The first kappa shape index (κ1) is 13.5. The second kappa shape index (κ2) is 5.40.